The van der Waals surface area contributed by atoms with Gasteiger partial charge in [-0.25, -0.2) is 0 Å². The summed E-state index contributed by atoms with van der Waals surface area (Å²) in [6.07, 6.45) is 4.55. The van der Waals surface area contributed by atoms with Gasteiger partial charge in [0.15, 0.2) is 0 Å². The van der Waals surface area contributed by atoms with E-state index >= 15 is 0 Å². The number of carbonyl (C=O) groups is 1. The molecule has 0 fully saturated rings. The molecule has 16 heavy (non-hydrogen) atoms. The lowest BCUT2D eigenvalue weighted by Crippen LogP contribution is -2.32. The third kappa shape index (κ3) is 6.80. The molecule has 0 aliphatic heterocycles. The first kappa shape index (κ1) is 15.4. The number of aliphatic hydroxyl groups is 1. The van der Waals surface area contributed by atoms with Crippen molar-refractivity contribution in [1.82, 2.24) is 4.90 Å². The molecule has 1 unspecified atom stereocenters. The maximum absolute atomic E-state index is 11.8. The van der Waals surface area contributed by atoms with Gasteiger partial charge >= 0.3 is 0 Å². The largest absolute Gasteiger partial charge is 0.396 e. The van der Waals surface area contributed by atoms with Crippen LogP contribution in [0, 0.1) is 5.92 Å². The lowest BCUT2D eigenvalue weighted by Gasteiger charge is -2.21. The number of aliphatic hydroxyl groups excluding tert-OH is 1. The number of unbranched alkanes of at least 4 members (excludes halogenated alkanes) is 2. The van der Waals surface area contributed by atoms with E-state index in [9.17, 15) is 4.79 Å². The second-order valence-corrected chi connectivity index (χ2v) is 4.38. The summed E-state index contributed by atoms with van der Waals surface area (Å²) in [6, 6.07) is 0. The number of hydrogen-bond donors (Lipinski definition) is 2. The van der Waals surface area contributed by atoms with Crippen molar-refractivity contribution in [2.75, 3.05) is 26.7 Å². The summed E-state index contributed by atoms with van der Waals surface area (Å²) in [5.41, 5.74) is 5.42. The monoisotopic (exact) mass is 230 g/mol. The molecule has 0 bridgehead atoms. The van der Waals surface area contributed by atoms with Gasteiger partial charge in [0.25, 0.3) is 0 Å². The van der Waals surface area contributed by atoms with Crippen molar-refractivity contribution in [1.29, 1.82) is 0 Å². The number of amides is 1. The Kier molecular flexibility index (Phi) is 9.24. The minimum absolute atomic E-state index is 0.0754. The Morgan fingerprint density at radius 1 is 1.31 bits per heavy atom. The van der Waals surface area contributed by atoms with Crippen LogP contribution in [-0.4, -0.2) is 42.7 Å². The number of rotatable bonds is 9. The molecule has 0 saturated carbocycles. The maximum atomic E-state index is 11.8. The van der Waals surface area contributed by atoms with Gasteiger partial charge in [0.1, 0.15) is 0 Å². The van der Waals surface area contributed by atoms with Crippen LogP contribution < -0.4 is 5.73 Å². The van der Waals surface area contributed by atoms with Crippen molar-refractivity contribution in [3.05, 3.63) is 0 Å². The van der Waals surface area contributed by atoms with Gasteiger partial charge in [-0.15, -0.1) is 0 Å². The average Bonchev–Trinajstić information content (AvgIpc) is 2.30. The molecule has 0 aromatic heterocycles. The highest BCUT2D eigenvalue weighted by atomic mass is 16.2. The predicted molar refractivity (Wildman–Crippen MR) is 66.0 cm³/mol. The minimum atomic E-state index is 0.0754. The van der Waals surface area contributed by atoms with Crippen molar-refractivity contribution in [3.63, 3.8) is 0 Å². The van der Waals surface area contributed by atoms with E-state index in [1.807, 2.05) is 14.0 Å². The zero-order valence-corrected chi connectivity index (χ0v) is 10.6. The second kappa shape index (κ2) is 9.60. The molecular formula is C12H26N2O2. The smallest absolute Gasteiger partial charge is 0.225 e. The first-order valence-electron chi connectivity index (χ1n) is 6.19. The van der Waals surface area contributed by atoms with Crippen LogP contribution in [0.4, 0.5) is 0 Å². The summed E-state index contributed by atoms with van der Waals surface area (Å²) in [5.74, 6) is 0.281. The van der Waals surface area contributed by atoms with E-state index in [-0.39, 0.29) is 18.4 Å². The van der Waals surface area contributed by atoms with E-state index in [1.165, 1.54) is 0 Å². The van der Waals surface area contributed by atoms with Crippen LogP contribution in [0.5, 0.6) is 0 Å². The van der Waals surface area contributed by atoms with Crippen molar-refractivity contribution >= 4 is 5.91 Å². The van der Waals surface area contributed by atoms with Crippen LogP contribution in [0.25, 0.3) is 0 Å². The second-order valence-electron chi connectivity index (χ2n) is 4.38. The Morgan fingerprint density at radius 2 is 2.00 bits per heavy atom. The average molecular weight is 230 g/mol. The summed E-state index contributed by atoms with van der Waals surface area (Å²) in [5, 5.41) is 8.63. The summed E-state index contributed by atoms with van der Waals surface area (Å²) >= 11 is 0. The Hall–Kier alpha value is -0.610. The summed E-state index contributed by atoms with van der Waals surface area (Å²) < 4.78 is 0. The molecule has 0 aliphatic rings. The fourth-order valence-corrected chi connectivity index (χ4v) is 1.67. The summed E-state index contributed by atoms with van der Waals surface area (Å²) in [7, 11) is 1.85. The van der Waals surface area contributed by atoms with E-state index in [0.717, 1.165) is 38.6 Å². The Balaban J connectivity index is 3.70. The Labute approximate surface area is 98.8 Å². The lowest BCUT2D eigenvalue weighted by molar-refractivity contribution is -0.133. The summed E-state index contributed by atoms with van der Waals surface area (Å²) in [6.45, 7) is 3.64. The van der Waals surface area contributed by atoms with E-state index in [4.69, 9.17) is 10.8 Å². The Bertz CT molecular complexity index is 186. The molecule has 0 radical (unpaired) electrons. The van der Waals surface area contributed by atoms with Crippen molar-refractivity contribution < 1.29 is 9.90 Å². The number of carbonyl (C=O) groups excluding carboxylic acids is 1. The number of nitrogens with two attached hydrogens (primary N) is 1. The van der Waals surface area contributed by atoms with Gasteiger partial charge in [-0.3, -0.25) is 4.79 Å². The maximum Gasteiger partial charge on any atom is 0.225 e. The highest BCUT2D eigenvalue weighted by molar-refractivity contribution is 5.78. The molecule has 0 heterocycles. The van der Waals surface area contributed by atoms with Gasteiger partial charge in [0.05, 0.1) is 0 Å². The molecule has 96 valence electrons. The van der Waals surface area contributed by atoms with Crippen molar-refractivity contribution in [2.24, 2.45) is 11.7 Å². The van der Waals surface area contributed by atoms with Gasteiger partial charge < -0.3 is 15.7 Å². The fraction of sp³-hybridized carbons (Fsp3) is 0.917. The first-order chi connectivity index (χ1) is 7.63. The Morgan fingerprint density at radius 3 is 2.56 bits per heavy atom. The molecule has 0 saturated heterocycles. The zero-order valence-electron chi connectivity index (χ0n) is 10.6. The zero-order chi connectivity index (χ0) is 12.4. The lowest BCUT2D eigenvalue weighted by atomic mass is 10.0. The van der Waals surface area contributed by atoms with E-state index in [2.05, 4.69) is 0 Å². The van der Waals surface area contributed by atoms with E-state index < -0.39 is 0 Å². The highest BCUT2D eigenvalue weighted by Gasteiger charge is 2.16. The third-order valence-corrected chi connectivity index (χ3v) is 2.79. The van der Waals surface area contributed by atoms with Gasteiger partial charge in [0.2, 0.25) is 5.91 Å². The van der Waals surface area contributed by atoms with Crippen LogP contribution >= 0.6 is 0 Å². The molecule has 4 heteroatoms. The van der Waals surface area contributed by atoms with Gasteiger partial charge in [-0.05, 0) is 38.6 Å². The van der Waals surface area contributed by atoms with E-state index in [0.29, 0.717) is 6.54 Å². The van der Waals surface area contributed by atoms with Gasteiger partial charge in [0, 0.05) is 26.1 Å². The third-order valence-electron chi connectivity index (χ3n) is 2.79. The van der Waals surface area contributed by atoms with Crippen LogP contribution in [0.15, 0.2) is 0 Å². The molecule has 0 spiro atoms. The topological polar surface area (TPSA) is 66.6 Å². The predicted octanol–water partition coefficient (Wildman–Crippen LogP) is 0.982. The van der Waals surface area contributed by atoms with Gasteiger partial charge in [-0.2, -0.15) is 0 Å². The standard InChI is InChI=1S/C12H26N2O2/c1-11(7-6-8-13)12(16)14(2)9-4-3-5-10-15/h11,15H,3-10,13H2,1-2H3. The molecular weight excluding hydrogens is 204 g/mol. The molecule has 0 aromatic carbocycles. The summed E-state index contributed by atoms with van der Waals surface area (Å²) in [4.78, 5) is 13.6. The van der Waals surface area contributed by atoms with Crippen molar-refractivity contribution in [3.8, 4) is 0 Å². The number of nitrogens with zero attached hydrogens (tertiary/aromatic N) is 1. The van der Waals surface area contributed by atoms with Crippen LogP contribution in [0.2, 0.25) is 0 Å². The normalized spacial score (nSPS) is 12.5. The molecule has 1 atom stereocenters. The number of hydrogen-bond acceptors (Lipinski definition) is 3. The van der Waals surface area contributed by atoms with Gasteiger partial charge in [-0.1, -0.05) is 6.92 Å². The van der Waals surface area contributed by atoms with Crippen LogP contribution in [0.3, 0.4) is 0 Å². The molecule has 0 aromatic rings. The molecule has 0 rings (SSSR count). The molecule has 4 nitrogen and oxygen atoms in total. The van der Waals surface area contributed by atoms with Crippen LogP contribution in [-0.2, 0) is 4.79 Å². The molecule has 0 aliphatic carbocycles. The molecule has 1 amide bonds. The highest BCUT2D eigenvalue weighted by Crippen LogP contribution is 2.09. The first-order valence-corrected chi connectivity index (χ1v) is 6.19. The van der Waals surface area contributed by atoms with Crippen molar-refractivity contribution in [2.45, 2.75) is 39.0 Å². The minimum Gasteiger partial charge on any atom is -0.396 e. The fourth-order valence-electron chi connectivity index (χ4n) is 1.67. The molecule has 3 N–H and O–H groups in total. The quantitative estimate of drug-likeness (QED) is 0.580. The SMILES string of the molecule is CC(CCCN)C(=O)N(C)CCCCCO. The van der Waals surface area contributed by atoms with Crippen LogP contribution in [0.1, 0.15) is 39.0 Å². The van der Waals surface area contributed by atoms with E-state index in [1.54, 1.807) is 4.90 Å².